The summed E-state index contributed by atoms with van der Waals surface area (Å²) in [6, 6.07) is 18.7. The lowest BCUT2D eigenvalue weighted by molar-refractivity contribution is 0.355. The van der Waals surface area contributed by atoms with Crippen LogP contribution >= 0.6 is 35.3 Å². The fraction of sp³-hybridized carbons (Fsp3) is 0.182. The Labute approximate surface area is 255 Å². The summed E-state index contributed by atoms with van der Waals surface area (Å²) in [4.78, 5) is 14.1. The predicted molar refractivity (Wildman–Crippen MR) is 176 cm³/mol. The normalized spacial score (nSPS) is 11.7. The van der Waals surface area contributed by atoms with E-state index in [0.29, 0.717) is 27.0 Å². The molecule has 1 aromatic heterocycles. The number of nitrogens with zero attached hydrogens (tertiary/aromatic N) is 3. The number of ether oxygens (including phenoxy) is 2. The molecule has 0 amide bonds. The molecular weight excluding hydrogens is 567 g/mol. The highest BCUT2D eigenvalue weighted by Crippen LogP contribution is 2.30. The predicted octanol–water partition coefficient (Wildman–Crippen LogP) is 9.41. The smallest absolute Gasteiger partial charge is 0.196 e. The summed E-state index contributed by atoms with van der Waals surface area (Å²) < 4.78 is 10.8. The van der Waals surface area contributed by atoms with Gasteiger partial charge < -0.3 is 9.47 Å². The summed E-state index contributed by atoms with van der Waals surface area (Å²) in [5.41, 5.74) is 8.39. The van der Waals surface area contributed by atoms with Gasteiger partial charge in [0.25, 0.3) is 0 Å². The van der Waals surface area contributed by atoms with Gasteiger partial charge in [0.1, 0.15) is 0 Å². The van der Waals surface area contributed by atoms with Crippen LogP contribution in [0.2, 0.25) is 0 Å². The zero-order chi connectivity index (χ0) is 29.2. The van der Waals surface area contributed by atoms with Crippen molar-refractivity contribution in [1.82, 2.24) is 15.0 Å². The number of hydrogen-bond donors (Lipinski definition) is 0. The van der Waals surface area contributed by atoms with E-state index in [1.54, 1.807) is 14.2 Å². The third kappa shape index (κ3) is 9.01. The Balaban J connectivity index is 1.53. The van der Waals surface area contributed by atoms with E-state index in [0.717, 1.165) is 16.7 Å². The van der Waals surface area contributed by atoms with Crippen molar-refractivity contribution in [1.29, 1.82) is 0 Å². The molecule has 0 fully saturated rings. The van der Waals surface area contributed by atoms with E-state index in [1.807, 2.05) is 40.5 Å². The molecule has 0 atom stereocenters. The fourth-order valence-electron chi connectivity index (χ4n) is 3.69. The molecule has 0 spiro atoms. The molecule has 210 valence electrons. The second-order valence-corrected chi connectivity index (χ2v) is 11.9. The van der Waals surface area contributed by atoms with Crippen LogP contribution in [0, 0.1) is 27.7 Å². The molecule has 5 nitrogen and oxygen atoms in total. The van der Waals surface area contributed by atoms with Crippen molar-refractivity contribution in [3.63, 3.8) is 0 Å². The van der Waals surface area contributed by atoms with Gasteiger partial charge >= 0.3 is 0 Å². The highest BCUT2D eigenvalue weighted by Gasteiger charge is 2.07. The molecule has 4 aromatic rings. The van der Waals surface area contributed by atoms with Crippen LogP contribution in [-0.4, -0.2) is 29.2 Å². The maximum absolute atomic E-state index is 5.42. The minimum atomic E-state index is 0.626. The number of aromatic nitrogens is 3. The summed E-state index contributed by atoms with van der Waals surface area (Å²) in [6.45, 7) is 8.49. The Morgan fingerprint density at radius 3 is 1.27 bits per heavy atom. The first kappa shape index (κ1) is 30.5. The number of methoxy groups -OCH3 is 2. The van der Waals surface area contributed by atoms with Crippen LogP contribution in [0.25, 0.3) is 18.2 Å². The second-order valence-electron chi connectivity index (χ2n) is 9.25. The Kier molecular flexibility index (Phi) is 11.1. The van der Waals surface area contributed by atoms with Gasteiger partial charge in [-0.2, -0.15) is 15.0 Å². The molecule has 0 aliphatic carbocycles. The van der Waals surface area contributed by atoms with Gasteiger partial charge in [0.2, 0.25) is 0 Å². The molecule has 0 bridgehead atoms. The van der Waals surface area contributed by atoms with E-state index >= 15 is 0 Å². The number of aryl methyl sites for hydroxylation is 4. The Bertz CT molecular complexity index is 1520. The van der Waals surface area contributed by atoms with Crippen molar-refractivity contribution in [2.75, 3.05) is 14.2 Å². The SMILES string of the molecule is COc1ccc(/C=C/Sc2nc(S/C=C/c3ccc(C)c(C)c3)nc(S/C=C/c3ccc(C)c(C)c3)n2)cc1OC. The lowest BCUT2D eigenvalue weighted by Crippen LogP contribution is -1.95. The highest BCUT2D eigenvalue weighted by atomic mass is 32.2. The second kappa shape index (κ2) is 15.0. The van der Waals surface area contributed by atoms with Crippen molar-refractivity contribution in [3.05, 3.63) is 110 Å². The van der Waals surface area contributed by atoms with Crippen molar-refractivity contribution >= 4 is 53.5 Å². The average molecular weight is 600 g/mol. The summed E-state index contributed by atoms with van der Waals surface area (Å²) in [7, 11) is 3.26. The molecule has 0 saturated carbocycles. The van der Waals surface area contributed by atoms with E-state index in [4.69, 9.17) is 24.4 Å². The fourth-order valence-corrected chi connectivity index (χ4v) is 5.74. The first-order valence-corrected chi connectivity index (χ1v) is 15.6. The molecule has 4 rings (SSSR count). The number of hydrogen-bond acceptors (Lipinski definition) is 8. The van der Waals surface area contributed by atoms with Crippen LogP contribution in [0.1, 0.15) is 38.9 Å². The van der Waals surface area contributed by atoms with Crippen LogP contribution in [0.5, 0.6) is 11.5 Å². The van der Waals surface area contributed by atoms with Gasteiger partial charge in [-0.3, -0.25) is 0 Å². The van der Waals surface area contributed by atoms with Gasteiger partial charge in [-0.05, 0) is 113 Å². The van der Waals surface area contributed by atoms with Crippen LogP contribution in [-0.2, 0) is 0 Å². The van der Waals surface area contributed by atoms with Gasteiger partial charge in [-0.25, -0.2) is 0 Å². The molecule has 0 radical (unpaired) electrons. The Morgan fingerprint density at radius 2 is 0.878 bits per heavy atom. The van der Waals surface area contributed by atoms with Gasteiger partial charge in [-0.1, -0.05) is 77.8 Å². The topological polar surface area (TPSA) is 57.1 Å². The molecule has 0 N–H and O–H groups in total. The Hall–Kier alpha value is -3.46. The molecule has 0 unspecified atom stereocenters. The molecule has 1 heterocycles. The quantitative estimate of drug-likeness (QED) is 0.158. The number of benzene rings is 3. The van der Waals surface area contributed by atoms with Crippen molar-refractivity contribution < 1.29 is 9.47 Å². The van der Waals surface area contributed by atoms with E-state index in [2.05, 4.69) is 76.2 Å². The van der Waals surface area contributed by atoms with E-state index in [-0.39, 0.29) is 0 Å². The summed E-state index contributed by atoms with van der Waals surface area (Å²) >= 11 is 4.40. The van der Waals surface area contributed by atoms with Crippen LogP contribution in [0.15, 0.2) is 86.3 Å². The molecule has 0 aliphatic heterocycles. The molecule has 3 aromatic carbocycles. The first-order chi connectivity index (χ1) is 19.8. The monoisotopic (exact) mass is 599 g/mol. The minimum absolute atomic E-state index is 0.626. The average Bonchev–Trinajstić information content (AvgIpc) is 2.96. The summed E-state index contributed by atoms with van der Waals surface area (Å²) in [6.07, 6.45) is 6.16. The lowest BCUT2D eigenvalue weighted by atomic mass is 10.1. The standard InChI is InChI=1S/C33H33N3O2S3/c1-22-7-9-26(19-24(22)3)13-16-39-31-34-32(40-17-14-27-10-8-23(2)25(4)20-27)36-33(35-31)41-18-15-28-11-12-29(37-5)30(21-28)38-6/h7-21H,1-6H3/b16-13+,17-14+,18-15+. The Morgan fingerprint density at radius 1 is 0.488 bits per heavy atom. The minimum Gasteiger partial charge on any atom is -0.493 e. The molecular formula is C33H33N3O2S3. The number of thioether (sulfide) groups is 3. The van der Waals surface area contributed by atoms with Crippen molar-refractivity contribution in [3.8, 4) is 11.5 Å². The third-order valence-corrected chi connectivity index (χ3v) is 8.34. The van der Waals surface area contributed by atoms with Gasteiger partial charge in [0.15, 0.2) is 27.0 Å². The van der Waals surface area contributed by atoms with Gasteiger partial charge in [0, 0.05) is 0 Å². The number of rotatable bonds is 11. The van der Waals surface area contributed by atoms with E-state index < -0.39 is 0 Å². The summed E-state index contributed by atoms with van der Waals surface area (Å²) in [5.74, 6) is 1.38. The third-order valence-electron chi connectivity index (χ3n) is 6.35. The zero-order valence-corrected chi connectivity index (χ0v) is 26.5. The molecule has 0 saturated heterocycles. The van der Waals surface area contributed by atoms with Crippen molar-refractivity contribution in [2.24, 2.45) is 0 Å². The van der Waals surface area contributed by atoms with Crippen LogP contribution < -0.4 is 9.47 Å². The van der Waals surface area contributed by atoms with Crippen LogP contribution in [0.3, 0.4) is 0 Å². The lowest BCUT2D eigenvalue weighted by Gasteiger charge is -2.07. The van der Waals surface area contributed by atoms with E-state index in [1.165, 1.54) is 57.5 Å². The van der Waals surface area contributed by atoms with E-state index in [9.17, 15) is 0 Å². The zero-order valence-electron chi connectivity index (χ0n) is 24.0. The van der Waals surface area contributed by atoms with Gasteiger partial charge in [-0.15, -0.1) is 0 Å². The largest absolute Gasteiger partial charge is 0.493 e. The maximum Gasteiger partial charge on any atom is 0.196 e. The maximum atomic E-state index is 5.42. The van der Waals surface area contributed by atoms with Crippen LogP contribution in [0.4, 0.5) is 0 Å². The molecule has 41 heavy (non-hydrogen) atoms. The molecule has 8 heteroatoms. The molecule has 0 aliphatic rings. The highest BCUT2D eigenvalue weighted by molar-refractivity contribution is 8.03. The van der Waals surface area contributed by atoms with Gasteiger partial charge in [0.05, 0.1) is 14.2 Å². The van der Waals surface area contributed by atoms with Crippen molar-refractivity contribution in [2.45, 2.75) is 43.2 Å². The first-order valence-electron chi connectivity index (χ1n) is 13.0. The summed E-state index contributed by atoms with van der Waals surface area (Å²) in [5, 5.41) is 7.92.